The van der Waals surface area contributed by atoms with Gasteiger partial charge in [0.25, 0.3) is 0 Å². The van der Waals surface area contributed by atoms with Crippen LogP contribution in [-0.2, 0) is 6.54 Å². The minimum atomic E-state index is 0.834. The van der Waals surface area contributed by atoms with E-state index >= 15 is 0 Å². The molecule has 1 aromatic heterocycles. The molecule has 0 aliphatic heterocycles. The maximum Gasteiger partial charge on any atom is 0.0695 e. The molecule has 0 spiro atoms. The molecule has 3 heteroatoms. The molecular formula is C11H13N3. The van der Waals surface area contributed by atoms with Gasteiger partial charge in [0.1, 0.15) is 0 Å². The Labute approximate surface area is 83.2 Å². The van der Waals surface area contributed by atoms with Crippen molar-refractivity contribution in [1.29, 1.82) is 0 Å². The Morgan fingerprint density at radius 1 is 1.29 bits per heavy atom. The second-order valence-electron chi connectivity index (χ2n) is 3.17. The SMILES string of the molecule is CNCc1cn[nH]c1-c1ccccc1. The number of rotatable bonds is 3. The third-order valence-electron chi connectivity index (χ3n) is 2.15. The molecule has 0 saturated heterocycles. The van der Waals surface area contributed by atoms with Crippen LogP contribution in [-0.4, -0.2) is 17.2 Å². The van der Waals surface area contributed by atoms with Crippen molar-refractivity contribution in [3.8, 4) is 11.3 Å². The standard InChI is InChI=1S/C11H13N3/c1-12-7-10-8-13-14-11(10)9-5-3-2-4-6-9/h2-6,8,12H,7H2,1H3,(H,13,14). The van der Waals surface area contributed by atoms with Crippen molar-refractivity contribution in [3.63, 3.8) is 0 Å². The second-order valence-corrected chi connectivity index (χ2v) is 3.17. The Kier molecular flexibility index (Phi) is 2.60. The van der Waals surface area contributed by atoms with E-state index in [2.05, 4.69) is 27.6 Å². The molecule has 2 rings (SSSR count). The minimum Gasteiger partial charge on any atom is -0.316 e. The summed E-state index contributed by atoms with van der Waals surface area (Å²) in [5.74, 6) is 0. The predicted molar refractivity (Wildman–Crippen MR) is 56.8 cm³/mol. The van der Waals surface area contributed by atoms with E-state index in [1.54, 1.807) is 0 Å². The van der Waals surface area contributed by atoms with Crippen LogP contribution in [0.1, 0.15) is 5.56 Å². The Morgan fingerprint density at radius 3 is 2.79 bits per heavy atom. The molecule has 2 aromatic rings. The summed E-state index contributed by atoms with van der Waals surface area (Å²) in [7, 11) is 1.93. The third kappa shape index (κ3) is 1.67. The van der Waals surface area contributed by atoms with Gasteiger partial charge < -0.3 is 5.32 Å². The molecule has 0 aliphatic carbocycles. The van der Waals surface area contributed by atoms with Gasteiger partial charge in [-0.25, -0.2) is 0 Å². The number of nitrogens with zero attached hydrogens (tertiary/aromatic N) is 1. The summed E-state index contributed by atoms with van der Waals surface area (Å²) in [6.45, 7) is 0.834. The number of benzene rings is 1. The Hall–Kier alpha value is -1.61. The topological polar surface area (TPSA) is 40.7 Å². The quantitative estimate of drug-likeness (QED) is 0.769. The monoisotopic (exact) mass is 187 g/mol. The first-order valence-electron chi connectivity index (χ1n) is 4.64. The van der Waals surface area contributed by atoms with E-state index in [1.165, 1.54) is 11.1 Å². The van der Waals surface area contributed by atoms with Crippen LogP contribution >= 0.6 is 0 Å². The summed E-state index contributed by atoms with van der Waals surface area (Å²) in [6.07, 6.45) is 1.86. The molecule has 0 radical (unpaired) electrons. The Bertz CT molecular complexity index is 392. The van der Waals surface area contributed by atoms with Gasteiger partial charge in [-0.2, -0.15) is 5.10 Å². The van der Waals surface area contributed by atoms with Gasteiger partial charge in [-0.1, -0.05) is 30.3 Å². The molecule has 0 saturated carbocycles. The molecule has 0 unspecified atom stereocenters. The number of aromatic amines is 1. The number of H-pyrrole nitrogens is 1. The molecule has 72 valence electrons. The molecule has 0 bridgehead atoms. The molecule has 3 nitrogen and oxygen atoms in total. The van der Waals surface area contributed by atoms with Crippen LogP contribution in [0.2, 0.25) is 0 Å². The van der Waals surface area contributed by atoms with Crippen molar-refractivity contribution in [2.75, 3.05) is 7.05 Å². The number of nitrogens with one attached hydrogen (secondary N) is 2. The maximum absolute atomic E-state index is 4.05. The lowest BCUT2D eigenvalue weighted by Crippen LogP contribution is -2.05. The molecule has 0 aliphatic rings. The average molecular weight is 187 g/mol. The molecule has 14 heavy (non-hydrogen) atoms. The Morgan fingerprint density at radius 2 is 2.07 bits per heavy atom. The average Bonchev–Trinajstić information content (AvgIpc) is 2.68. The van der Waals surface area contributed by atoms with E-state index in [0.29, 0.717) is 0 Å². The molecular weight excluding hydrogens is 174 g/mol. The van der Waals surface area contributed by atoms with Gasteiger partial charge in [-0.05, 0) is 12.6 Å². The number of hydrogen-bond donors (Lipinski definition) is 2. The van der Waals surface area contributed by atoms with Crippen molar-refractivity contribution < 1.29 is 0 Å². The summed E-state index contributed by atoms with van der Waals surface area (Å²) >= 11 is 0. The molecule has 1 heterocycles. The third-order valence-corrected chi connectivity index (χ3v) is 2.15. The zero-order chi connectivity index (χ0) is 9.80. The molecule has 0 fully saturated rings. The van der Waals surface area contributed by atoms with E-state index in [-0.39, 0.29) is 0 Å². The van der Waals surface area contributed by atoms with Crippen LogP contribution in [0.25, 0.3) is 11.3 Å². The first-order valence-corrected chi connectivity index (χ1v) is 4.64. The highest BCUT2D eigenvalue weighted by Crippen LogP contribution is 2.19. The maximum atomic E-state index is 4.05. The molecule has 0 atom stereocenters. The van der Waals surface area contributed by atoms with Gasteiger partial charge in [0.2, 0.25) is 0 Å². The summed E-state index contributed by atoms with van der Waals surface area (Å²) in [4.78, 5) is 0. The first kappa shape index (κ1) is 8.97. The minimum absolute atomic E-state index is 0.834. The van der Waals surface area contributed by atoms with Crippen molar-refractivity contribution in [1.82, 2.24) is 15.5 Å². The van der Waals surface area contributed by atoms with E-state index in [1.807, 2.05) is 31.4 Å². The molecule has 1 aromatic carbocycles. The fraction of sp³-hybridized carbons (Fsp3) is 0.182. The van der Waals surface area contributed by atoms with Crippen LogP contribution in [0.15, 0.2) is 36.5 Å². The van der Waals surface area contributed by atoms with Crippen LogP contribution < -0.4 is 5.32 Å². The van der Waals surface area contributed by atoms with Crippen LogP contribution in [0.3, 0.4) is 0 Å². The first-order chi connectivity index (χ1) is 6.92. The van der Waals surface area contributed by atoms with Crippen molar-refractivity contribution in [2.24, 2.45) is 0 Å². The summed E-state index contributed by atoms with van der Waals surface area (Å²) in [5, 5.41) is 10.2. The van der Waals surface area contributed by atoms with Crippen LogP contribution in [0.4, 0.5) is 0 Å². The molecule has 2 N–H and O–H groups in total. The van der Waals surface area contributed by atoms with E-state index in [0.717, 1.165) is 12.2 Å². The smallest absolute Gasteiger partial charge is 0.0695 e. The van der Waals surface area contributed by atoms with Crippen molar-refractivity contribution >= 4 is 0 Å². The lowest BCUT2D eigenvalue weighted by Gasteiger charge is -2.01. The summed E-state index contributed by atoms with van der Waals surface area (Å²) in [6, 6.07) is 10.2. The lowest BCUT2D eigenvalue weighted by molar-refractivity contribution is 0.820. The van der Waals surface area contributed by atoms with Gasteiger partial charge in [-0.15, -0.1) is 0 Å². The van der Waals surface area contributed by atoms with Crippen LogP contribution in [0, 0.1) is 0 Å². The fourth-order valence-corrected chi connectivity index (χ4v) is 1.49. The normalized spacial score (nSPS) is 10.4. The zero-order valence-corrected chi connectivity index (χ0v) is 8.12. The largest absolute Gasteiger partial charge is 0.316 e. The second kappa shape index (κ2) is 4.07. The number of hydrogen-bond acceptors (Lipinski definition) is 2. The highest BCUT2D eigenvalue weighted by atomic mass is 15.1. The van der Waals surface area contributed by atoms with Crippen LogP contribution in [0.5, 0.6) is 0 Å². The molecule has 0 amide bonds. The number of aromatic nitrogens is 2. The summed E-state index contributed by atoms with van der Waals surface area (Å²) in [5.41, 5.74) is 3.47. The van der Waals surface area contributed by atoms with Crippen molar-refractivity contribution in [2.45, 2.75) is 6.54 Å². The predicted octanol–water partition coefficient (Wildman–Crippen LogP) is 1.80. The van der Waals surface area contributed by atoms with Gasteiger partial charge >= 0.3 is 0 Å². The van der Waals surface area contributed by atoms with E-state index < -0.39 is 0 Å². The Balaban J connectivity index is 2.37. The van der Waals surface area contributed by atoms with E-state index in [4.69, 9.17) is 0 Å². The van der Waals surface area contributed by atoms with Gasteiger partial charge in [0, 0.05) is 12.1 Å². The van der Waals surface area contributed by atoms with E-state index in [9.17, 15) is 0 Å². The van der Waals surface area contributed by atoms with Gasteiger partial charge in [-0.3, -0.25) is 5.10 Å². The van der Waals surface area contributed by atoms with Gasteiger partial charge in [0.15, 0.2) is 0 Å². The highest BCUT2D eigenvalue weighted by molar-refractivity contribution is 5.62. The fourth-order valence-electron chi connectivity index (χ4n) is 1.49. The van der Waals surface area contributed by atoms with Crippen molar-refractivity contribution in [3.05, 3.63) is 42.1 Å². The highest BCUT2D eigenvalue weighted by Gasteiger charge is 2.05. The zero-order valence-electron chi connectivity index (χ0n) is 8.12. The summed E-state index contributed by atoms with van der Waals surface area (Å²) < 4.78 is 0. The van der Waals surface area contributed by atoms with Gasteiger partial charge in [0.05, 0.1) is 11.9 Å². The lowest BCUT2D eigenvalue weighted by atomic mass is 10.1.